The molecule has 0 aromatic heterocycles. The summed E-state index contributed by atoms with van der Waals surface area (Å²) in [6.07, 6.45) is 0.476. The molecule has 0 aliphatic heterocycles. The van der Waals surface area contributed by atoms with Crippen molar-refractivity contribution in [3.8, 4) is 5.75 Å². The zero-order valence-corrected chi connectivity index (χ0v) is 11.6. The van der Waals surface area contributed by atoms with Crippen LogP contribution in [0.25, 0.3) is 0 Å². The molecule has 0 aliphatic rings. The van der Waals surface area contributed by atoms with Crippen LogP contribution < -0.4 is 15.8 Å². The topological polar surface area (TPSA) is 64.3 Å². The van der Waals surface area contributed by atoms with Crippen LogP contribution in [-0.2, 0) is 4.79 Å². The zero-order valence-electron chi connectivity index (χ0n) is 11.6. The number of primary amides is 1. The number of hydrogen-bond donors (Lipinski definition) is 2. The maximum Gasteiger partial charge on any atom is 0.234 e. The van der Waals surface area contributed by atoms with Crippen LogP contribution in [0.3, 0.4) is 0 Å². The second kappa shape index (κ2) is 7.09. The predicted molar refractivity (Wildman–Crippen MR) is 72.5 cm³/mol. The minimum Gasteiger partial charge on any atom is -0.494 e. The molecule has 0 radical (unpaired) electrons. The van der Waals surface area contributed by atoms with E-state index in [1.165, 1.54) is 6.07 Å². The third kappa shape index (κ3) is 5.26. The van der Waals surface area contributed by atoms with Crippen molar-refractivity contribution in [1.82, 2.24) is 5.32 Å². The Hall–Kier alpha value is -1.62. The molecule has 5 heteroatoms. The molecule has 1 rings (SSSR count). The SMILES string of the molecule is Cc1cc(OCCC(NC(C)C)C(N)=O)ccc1F. The molecule has 1 aromatic carbocycles. The van der Waals surface area contributed by atoms with E-state index in [1.54, 1.807) is 19.1 Å². The van der Waals surface area contributed by atoms with Gasteiger partial charge in [0.05, 0.1) is 12.6 Å². The van der Waals surface area contributed by atoms with Gasteiger partial charge in [0.25, 0.3) is 0 Å². The minimum absolute atomic E-state index is 0.172. The molecule has 4 nitrogen and oxygen atoms in total. The Bertz CT molecular complexity index is 435. The van der Waals surface area contributed by atoms with E-state index in [-0.39, 0.29) is 11.9 Å². The predicted octanol–water partition coefficient (Wildman–Crippen LogP) is 1.75. The fourth-order valence-corrected chi connectivity index (χ4v) is 1.71. The number of benzene rings is 1. The van der Waals surface area contributed by atoms with E-state index in [9.17, 15) is 9.18 Å². The van der Waals surface area contributed by atoms with E-state index in [0.29, 0.717) is 24.3 Å². The average Bonchev–Trinajstić information content (AvgIpc) is 2.31. The maximum atomic E-state index is 13.1. The van der Waals surface area contributed by atoms with Gasteiger partial charge in [-0.1, -0.05) is 13.8 Å². The minimum atomic E-state index is -0.415. The molecule has 1 unspecified atom stereocenters. The number of amides is 1. The lowest BCUT2D eigenvalue weighted by Gasteiger charge is -2.18. The summed E-state index contributed by atoms with van der Waals surface area (Å²) in [4.78, 5) is 11.2. The third-order valence-corrected chi connectivity index (χ3v) is 2.68. The monoisotopic (exact) mass is 268 g/mol. The number of ether oxygens (including phenoxy) is 1. The number of carbonyl (C=O) groups is 1. The van der Waals surface area contributed by atoms with Gasteiger partial charge in [-0.3, -0.25) is 4.79 Å². The summed E-state index contributed by atoms with van der Waals surface area (Å²) in [6, 6.07) is 4.32. The van der Waals surface area contributed by atoms with Crippen molar-refractivity contribution < 1.29 is 13.9 Å². The van der Waals surface area contributed by atoms with Crippen molar-refractivity contribution in [2.24, 2.45) is 5.73 Å². The Morgan fingerprint density at radius 3 is 2.68 bits per heavy atom. The summed E-state index contributed by atoms with van der Waals surface area (Å²) in [5.74, 6) is -0.0666. The highest BCUT2D eigenvalue weighted by Gasteiger charge is 2.15. The Kier molecular flexibility index (Phi) is 5.76. The van der Waals surface area contributed by atoms with Gasteiger partial charge in [0, 0.05) is 12.5 Å². The lowest BCUT2D eigenvalue weighted by Crippen LogP contribution is -2.45. The highest BCUT2D eigenvalue weighted by atomic mass is 19.1. The molecule has 0 fully saturated rings. The zero-order chi connectivity index (χ0) is 14.4. The van der Waals surface area contributed by atoms with Crippen molar-refractivity contribution in [2.75, 3.05) is 6.61 Å². The number of aryl methyl sites for hydroxylation is 1. The van der Waals surface area contributed by atoms with Crippen molar-refractivity contribution >= 4 is 5.91 Å². The Labute approximate surface area is 113 Å². The van der Waals surface area contributed by atoms with E-state index in [4.69, 9.17) is 10.5 Å². The largest absolute Gasteiger partial charge is 0.494 e. The Morgan fingerprint density at radius 1 is 1.47 bits per heavy atom. The lowest BCUT2D eigenvalue weighted by atomic mass is 10.2. The van der Waals surface area contributed by atoms with Crippen molar-refractivity contribution in [1.29, 1.82) is 0 Å². The first-order valence-electron chi connectivity index (χ1n) is 6.34. The molecule has 1 atom stereocenters. The summed E-state index contributed by atoms with van der Waals surface area (Å²) in [7, 11) is 0. The van der Waals surface area contributed by atoms with Crippen molar-refractivity contribution in [3.05, 3.63) is 29.6 Å². The smallest absolute Gasteiger partial charge is 0.234 e. The number of nitrogens with one attached hydrogen (secondary N) is 1. The molecular weight excluding hydrogens is 247 g/mol. The summed E-state index contributed by atoms with van der Waals surface area (Å²) in [6.45, 7) is 5.91. The van der Waals surface area contributed by atoms with Gasteiger partial charge < -0.3 is 15.8 Å². The molecule has 1 aromatic rings. The molecular formula is C14H21FN2O2. The highest BCUT2D eigenvalue weighted by Crippen LogP contribution is 2.16. The fourth-order valence-electron chi connectivity index (χ4n) is 1.71. The van der Waals surface area contributed by atoms with Crippen LogP contribution in [0.2, 0.25) is 0 Å². The second-order valence-corrected chi connectivity index (χ2v) is 4.82. The van der Waals surface area contributed by atoms with Crippen LogP contribution in [-0.4, -0.2) is 24.6 Å². The van der Waals surface area contributed by atoms with Gasteiger partial charge in [0.2, 0.25) is 5.91 Å². The summed E-state index contributed by atoms with van der Waals surface area (Å²) in [5.41, 5.74) is 5.83. The Balaban J connectivity index is 2.47. The van der Waals surface area contributed by atoms with Gasteiger partial charge in [-0.05, 0) is 30.7 Å². The lowest BCUT2D eigenvalue weighted by molar-refractivity contribution is -0.120. The highest BCUT2D eigenvalue weighted by molar-refractivity contribution is 5.79. The van der Waals surface area contributed by atoms with Gasteiger partial charge in [-0.15, -0.1) is 0 Å². The quantitative estimate of drug-likeness (QED) is 0.792. The van der Waals surface area contributed by atoms with E-state index >= 15 is 0 Å². The van der Waals surface area contributed by atoms with E-state index < -0.39 is 11.9 Å². The number of carbonyl (C=O) groups excluding carboxylic acids is 1. The number of nitrogens with two attached hydrogens (primary N) is 1. The third-order valence-electron chi connectivity index (χ3n) is 2.68. The van der Waals surface area contributed by atoms with E-state index in [1.807, 2.05) is 13.8 Å². The number of rotatable bonds is 7. The normalized spacial score (nSPS) is 12.5. The molecule has 0 aliphatic carbocycles. The van der Waals surface area contributed by atoms with Crippen molar-refractivity contribution in [3.63, 3.8) is 0 Å². The van der Waals surface area contributed by atoms with E-state index in [2.05, 4.69) is 5.32 Å². The second-order valence-electron chi connectivity index (χ2n) is 4.82. The first-order valence-corrected chi connectivity index (χ1v) is 6.34. The molecule has 0 bridgehead atoms. The molecule has 0 saturated heterocycles. The first-order chi connectivity index (χ1) is 8.90. The maximum absolute atomic E-state index is 13.1. The number of hydrogen-bond acceptors (Lipinski definition) is 3. The molecule has 1 amide bonds. The van der Waals surface area contributed by atoms with Crippen LogP contribution in [0, 0.1) is 12.7 Å². The molecule has 0 heterocycles. The van der Waals surface area contributed by atoms with Crippen molar-refractivity contribution in [2.45, 2.75) is 39.3 Å². The van der Waals surface area contributed by atoms with Crippen LogP contribution in [0.5, 0.6) is 5.75 Å². The average molecular weight is 268 g/mol. The first kappa shape index (κ1) is 15.4. The summed E-state index contributed by atoms with van der Waals surface area (Å²) in [5, 5.41) is 3.07. The molecule has 0 spiro atoms. The van der Waals surface area contributed by atoms with Gasteiger partial charge in [0.1, 0.15) is 11.6 Å². The molecule has 0 saturated carbocycles. The van der Waals surface area contributed by atoms with Gasteiger partial charge in [-0.25, -0.2) is 4.39 Å². The number of halogens is 1. The van der Waals surface area contributed by atoms with Crippen LogP contribution in [0.1, 0.15) is 25.8 Å². The summed E-state index contributed by atoms with van der Waals surface area (Å²) >= 11 is 0. The molecule has 3 N–H and O–H groups in total. The van der Waals surface area contributed by atoms with Crippen LogP contribution in [0.4, 0.5) is 4.39 Å². The van der Waals surface area contributed by atoms with Crippen LogP contribution >= 0.6 is 0 Å². The van der Waals surface area contributed by atoms with Gasteiger partial charge in [-0.2, -0.15) is 0 Å². The summed E-state index contributed by atoms with van der Waals surface area (Å²) < 4.78 is 18.6. The molecule has 19 heavy (non-hydrogen) atoms. The van der Waals surface area contributed by atoms with Crippen LogP contribution in [0.15, 0.2) is 18.2 Å². The standard InChI is InChI=1S/C14H21FN2O2/c1-9(2)17-13(14(16)18)6-7-19-11-4-5-12(15)10(3)8-11/h4-5,8-9,13,17H,6-7H2,1-3H3,(H2,16,18). The van der Waals surface area contributed by atoms with Gasteiger partial charge in [0.15, 0.2) is 0 Å². The van der Waals surface area contributed by atoms with E-state index in [0.717, 1.165) is 0 Å². The van der Waals surface area contributed by atoms with Gasteiger partial charge >= 0.3 is 0 Å². The fraction of sp³-hybridized carbons (Fsp3) is 0.500. The Morgan fingerprint density at radius 2 is 2.16 bits per heavy atom. The molecule has 106 valence electrons.